The Labute approximate surface area is 106 Å². The maximum Gasteiger partial charge on any atom is 0.227 e. The average molecular weight is 289 g/mol. The van der Waals surface area contributed by atoms with E-state index >= 15 is 0 Å². The molecule has 2 rings (SSSR count). The largest absolute Gasteiger partial charge is 0.355 e. The molecule has 1 aliphatic heterocycles. The lowest BCUT2D eigenvalue weighted by Gasteiger charge is -2.34. The van der Waals surface area contributed by atoms with E-state index in [1.807, 2.05) is 6.92 Å². The predicted octanol–water partition coefficient (Wildman–Crippen LogP) is 1.67. The van der Waals surface area contributed by atoms with Gasteiger partial charge in [-0.05, 0) is 38.1 Å². The van der Waals surface area contributed by atoms with Crippen LogP contribution in [0.2, 0.25) is 0 Å². The first kappa shape index (κ1) is 12.4. The first-order valence-electron chi connectivity index (χ1n) is 6.09. The monoisotopic (exact) mass is 288 g/mol. The molecule has 3 unspecified atom stereocenters. The SMILES string of the molecule is CC1(CNC(=O)C2(C)CC2Br)CCCNC1. The van der Waals surface area contributed by atoms with E-state index in [1.165, 1.54) is 12.8 Å². The third-order valence-electron chi connectivity index (χ3n) is 4.01. The quantitative estimate of drug-likeness (QED) is 0.776. The van der Waals surface area contributed by atoms with Crippen LogP contribution in [0, 0.1) is 10.8 Å². The van der Waals surface area contributed by atoms with Gasteiger partial charge in [-0.25, -0.2) is 0 Å². The van der Waals surface area contributed by atoms with Gasteiger partial charge in [0.1, 0.15) is 0 Å². The van der Waals surface area contributed by atoms with E-state index in [4.69, 9.17) is 0 Å². The number of hydrogen-bond donors (Lipinski definition) is 2. The van der Waals surface area contributed by atoms with Gasteiger partial charge >= 0.3 is 0 Å². The molecule has 0 aromatic carbocycles. The number of carbonyl (C=O) groups is 1. The predicted molar refractivity (Wildman–Crippen MR) is 68.7 cm³/mol. The summed E-state index contributed by atoms with van der Waals surface area (Å²) in [5, 5.41) is 6.52. The fraction of sp³-hybridized carbons (Fsp3) is 0.917. The summed E-state index contributed by atoms with van der Waals surface area (Å²) >= 11 is 3.51. The van der Waals surface area contributed by atoms with Crippen LogP contribution in [-0.4, -0.2) is 30.4 Å². The number of rotatable bonds is 3. The van der Waals surface area contributed by atoms with Crippen LogP contribution < -0.4 is 10.6 Å². The van der Waals surface area contributed by atoms with Gasteiger partial charge in [-0.1, -0.05) is 22.9 Å². The van der Waals surface area contributed by atoms with Gasteiger partial charge in [0.25, 0.3) is 0 Å². The second-order valence-electron chi connectivity index (χ2n) is 5.86. The van der Waals surface area contributed by atoms with Gasteiger partial charge < -0.3 is 10.6 Å². The Kier molecular flexibility index (Phi) is 3.32. The zero-order valence-corrected chi connectivity index (χ0v) is 11.7. The van der Waals surface area contributed by atoms with Crippen molar-refractivity contribution in [1.82, 2.24) is 10.6 Å². The van der Waals surface area contributed by atoms with Gasteiger partial charge in [0.2, 0.25) is 5.91 Å². The minimum atomic E-state index is -0.154. The van der Waals surface area contributed by atoms with Crippen LogP contribution in [0.1, 0.15) is 33.1 Å². The molecule has 2 N–H and O–H groups in total. The molecule has 92 valence electrons. The van der Waals surface area contributed by atoms with E-state index in [9.17, 15) is 4.79 Å². The standard InChI is InChI=1S/C12H21BrN2O/c1-11(4-3-5-14-7-11)8-15-10(16)12(2)6-9(12)13/h9,14H,3-8H2,1-2H3,(H,15,16). The van der Waals surface area contributed by atoms with Crippen molar-refractivity contribution in [1.29, 1.82) is 0 Å². The second-order valence-corrected chi connectivity index (χ2v) is 6.97. The Morgan fingerprint density at radius 1 is 1.56 bits per heavy atom. The minimum Gasteiger partial charge on any atom is -0.355 e. The van der Waals surface area contributed by atoms with Crippen molar-refractivity contribution in [3.8, 4) is 0 Å². The first-order valence-corrected chi connectivity index (χ1v) is 7.01. The van der Waals surface area contributed by atoms with Crippen LogP contribution in [0.5, 0.6) is 0 Å². The number of alkyl halides is 1. The maximum absolute atomic E-state index is 12.0. The summed E-state index contributed by atoms with van der Waals surface area (Å²) in [4.78, 5) is 12.3. The van der Waals surface area contributed by atoms with Gasteiger partial charge in [0.05, 0.1) is 5.41 Å². The van der Waals surface area contributed by atoms with E-state index in [0.29, 0.717) is 4.83 Å². The second kappa shape index (κ2) is 4.30. The summed E-state index contributed by atoms with van der Waals surface area (Å²) in [6.07, 6.45) is 3.38. The average Bonchev–Trinajstić information content (AvgIpc) is 2.86. The molecule has 1 amide bonds. The van der Waals surface area contributed by atoms with Crippen LogP contribution in [0.3, 0.4) is 0 Å². The Hall–Kier alpha value is -0.0900. The summed E-state index contributed by atoms with van der Waals surface area (Å²) in [7, 11) is 0. The van der Waals surface area contributed by atoms with Crippen molar-refractivity contribution in [2.75, 3.05) is 19.6 Å². The molecule has 1 saturated heterocycles. The van der Waals surface area contributed by atoms with E-state index < -0.39 is 0 Å². The van der Waals surface area contributed by atoms with Crippen LogP contribution >= 0.6 is 15.9 Å². The Balaban J connectivity index is 1.80. The minimum absolute atomic E-state index is 0.154. The van der Waals surface area contributed by atoms with Crippen molar-refractivity contribution < 1.29 is 4.79 Å². The van der Waals surface area contributed by atoms with Crippen LogP contribution in [0.25, 0.3) is 0 Å². The first-order chi connectivity index (χ1) is 7.46. The number of carbonyl (C=O) groups excluding carboxylic acids is 1. The fourth-order valence-corrected chi connectivity index (χ4v) is 3.19. The van der Waals surface area contributed by atoms with Crippen molar-refractivity contribution in [2.45, 2.75) is 37.9 Å². The Morgan fingerprint density at radius 2 is 2.25 bits per heavy atom. The van der Waals surface area contributed by atoms with Crippen LogP contribution in [-0.2, 0) is 4.79 Å². The van der Waals surface area contributed by atoms with Crippen LogP contribution in [0.4, 0.5) is 0 Å². The highest BCUT2D eigenvalue weighted by Crippen LogP contribution is 2.51. The molecule has 1 aliphatic carbocycles. The summed E-state index contributed by atoms with van der Waals surface area (Å²) in [5.41, 5.74) is 0.0828. The maximum atomic E-state index is 12.0. The summed E-state index contributed by atoms with van der Waals surface area (Å²) in [6, 6.07) is 0. The van der Waals surface area contributed by atoms with Crippen molar-refractivity contribution >= 4 is 21.8 Å². The van der Waals surface area contributed by atoms with Crippen molar-refractivity contribution in [2.24, 2.45) is 10.8 Å². The molecule has 0 aromatic rings. The summed E-state index contributed by atoms with van der Waals surface area (Å²) in [6.45, 7) is 7.21. The lowest BCUT2D eigenvalue weighted by atomic mass is 9.82. The smallest absolute Gasteiger partial charge is 0.227 e. The highest BCUT2D eigenvalue weighted by molar-refractivity contribution is 9.09. The molecular formula is C12H21BrN2O. The lowest BCUT2D eigenvalue weighted by Crippen LogP contribution is -2.47. The summed E-state index contributed by atoms with van der Waals surface area (Å²) < 4.78 is 0. The number of hydrogen-bond acceptors (Lipinski definition) is 2. The number of halogens is 1. The number of amides is 1. The molecule has 0 radical (unpaired) electrons. The molecule has 0 aromatic heterocycles. The fourth-order valence-electron chi connectivity index (χ4n) is 2.31. The van der Waals surface area contributed by atoms with Gasteiger partial charge in [0, 0.05) is 17.9 Å². The molecule has 3 nitrogen and oxygen atoms in total. The van der Waals surface area contributed by atoms with Gasteiger partial charge in [-0.3, -0.25) is 4.79 Å². The van der Waals surface area contributed by atoms with E-state index in [-0.39, 0.29) is 16.7 Å². The van der Waals surface area contributed by atoms with Gasteiger partial charge in [0.15, 0.2) is 0 Å². The van der Waals surface area contributed by atoms with E-state index in [0.717, 1.165) is 26.1 Å². The highest BCUT2D eigenvalue weighted by atomic mass is 79.9. The summed E-state index contributed by atoms with van der Waals surface area (Å²) in [5.74, 6) is 0.209. The number of nitrogens with one attached hydrogen (secondary N) is 2. The lowest BCUT2D eigenvalue weighted by molar-refractivity contribution is -0.126. The van der Waals surface area contributed by atoms with E-state index in [2.05, 4.69) is 33.5 Å². The van der Waals surface area contributed by atoms with Crippen molar-refractivity contribution in [3.05, 3.63) is 0 Å². The van der Waals surface area contributed by atoms with E-state index in [1.54, 1.807) is 0 Å². The highest BCUT2D eigenvalue weighted by Gasteiger charge is 2.54. The molecular weight excluding hydrogens is 268 g/mol. The van der Waals surface area contributed by atoms with Gasteiger partial charge in [-0.15, -0.1) is 0 Å². The third-order valence-corrected chi connectivity index (χ3v) is 5.35. The Bertz CT molecular complexity index is 289. The molecule has 16 heavy (non-hydrogen) atoms. The molecule has 3 atom stereocenters. The zero-order valence-electron chi connectivity index (χ0n) is 10.1. The molecule has 0 bridgehead atoms. The topological polar surface area (TPSA) is 41.1 Å². The Morgan fingerprint density at radius 3 is 2.75 bits per heavy atom. The van der Waals surface area contributed by atoms with Gasteiger partial charge in [-0.2, -0.15) is 0 Å². The van der Waals surface area contributed by atoms with Crippen molar-refractivity contribution in [3.63, 3.8) is 0 Å². The molecule has 2 aliphatic rings. The molecule has 0 spiro atoms. The molecule has 4 heteroatoms. The normalized spacial score (nSPS) is 42.8. The molecule has 1 heterocycles. The molecule has 2 fully saturated rings. The van der Waals surface area contributed by atoms with Crippen LogP contribution in [0.15, 0.2) is 0 Å². The third kappa shape index (κ3) is 2.43. The molecule has 1 saturated carbocycles. The zero-order chi connectivity index (χ0) is 11.8. The number of piperidine rings is 1.